The summed E-state index contributed by atoms with van der Waals surface area (Å²) in [6.45, 7) is 2.05. The molecule has 1 aliphatic carbocycles. The van der Waals surface area contributed by atoms with Gasteiger partial charge in [-0.25, -0.2) is 4.98 Å². The lowest BCUT2D eigenvalue weighted by atomic mass is 9.92. The summed E-state index contributed by atoms with van der Waals surface area (Å²) < 4.78 is 2.19. The van der Waals surface area contributed by atoms with Crippen molar-refractivity contribution in [3.05, 3.63) is 17.3 Å². The fourth-order valence-corrected chi connectivity index (χ4v) is 3.27. The first-order valence-electron chi connectivity index (χ1n) is 6.59. The van der Waals surface area contributed by atoms with E-state index in [0.717, 1.165) is 17.2 Å². The molecular formula is C13H20N4S. The van der Waals surface area contributed by atoms with Gasteiger partial charge in [0, 0.05) is 37.1 Å². The second-order valence-electron chi connectivity index (χ2n) is 5.31. The molecule has 1 unspecified atom stereocenters. The molecule has 0 aliphatic heterocycles. The Labute approximate surface area is 111 Å². The number of aromatic nitrogens is 2. The SMILES string of the molecule is CC(N)Cc1c(N(C)C2CCC2)nc2sccn12. The van der Waals surface area contributed by atoms with Crippen molar-refractivity contribution in [1.29, 1.82) is 0 Å². The average Bonchev–Trinajstić information content (AvgIpc) is 2.77. The third-order valence-electron chi connectivity index (χ3n) is 3.81. The largest absolute Gasteiger partial charge is 0.355 e. The zero-order chi connectivity index (χ0) is 12.7. The zero-order valence-electron chi connectivity index (χ0n) is 11.0. The molecule has 5 heteroatoms. The molecule has 1 atom stereocenters. The van der Waals surface area contributed by atoms with Gasteiger partial charge >= 0.3 is 0 Å². The van der Waals surface area contributed by atoms with Crippen LogP contribution >= 0.6 is 11.3 Å². The van der Waals surface area contributed by atoms with Gasteiger partial charge in [-0.1, -0.05) is 0 Å². The summed E-state index contributed by atoms with van der Waals surface area (Å²) in [5.74, 6) is 1.13. The third-order valence-corrected chi connectivity index (χ3v) is 4.57. The van der Waals surface area contributed by atoms with Crippen LogP contribution < -0.4 is 10.6 Å². The lowest BCUT2D eigenvalue weighted by molar-refractivity contribution is 0.399. The normalized spacial score (nSPS) is 17.9. The summed E-state index contributed by atoms with van der Waals surface area (Å²) in [4.78, 5) is 8.20. The predicted molar refractivity (Wildman–Crippen MR) is 76.5 cm³/mol. The highest BCUT2D eigenvalue weighted by Gasteiger charge is 2.26. The number of anilines is 1. The van der Waals surface area contributed by atoms with E-state index in [2.05, 4.69) is 34.8 Å². The maximum Gasteiger partial charge on any atom is 0.195 e. The Kier molecular flexibility index (Phi) is 3.03. The molecular weight excluding hydrogens is 244 g/mol. The molecule has 0 spiro atoms. The Morgan fingerprint density at radius 3 is 3.00 bits per heavy atom. The molecule has 4 nitrogen and oxygen atoms in total. The molecule has 0 saturated heterocycles. The molecule has 2 aromatic heterocycles. The lowest BCUT2D eigenvalue weighted by Gasteiger charge is -2.35. The van der Waals surface area contributed by atoms with Crippen molar-refractivity contribution in [2.75, 3.05) is 11.9 Å². The summed E-state index contributed by atoms with van der Waals surface area (Å²) >= 11 is 1.69. The van der Waals surface area contributed by atoms with Gasteiger partial charge in [-0.15, -0.1) is 11.3 Å². The van der Waals surface area contributed by atoms with Crippen LogP contribution in [0, 0.1) is 0 Å². The molecule has 2 heterocycles. The zero-order valence-corrected chi connectivity index (χ0v) is 11.8. The summed E-state index contributed by atoms with van der Waals surface area (Å²) in [6, 6.07) is 0.833. The molecule has 2 aromatic rings. The smallest absolute Gasteiger partial charge is 0.195 e. The Morgan fingerprint density at radius 2 is 2.39 bits per heavy atom. The highest BCUT2D eigenvalue weighted by Crippen LogP contribution is 2.31. The van der Waals surface area contributed by atoms with E-state index >= 15 is 0 Å². The highest BCUT2D eigenvalue weighted by atomic mass is 32.1. The molecule has 0 bridgehead atoms. The molecule has 0 amide bonds. The van der Waals surface area contributed by atoms with Crippen LogP contribution in [-0.2, 0) is 6.42 Å². The fourth-order valence-electron chi connectivity index (χ4n) is 2.55. The minimum atomic E-state index is 0.165. The van der Waals surface area contributed by atoms with E-state index in [1.54, 1.807) is 11.3 Å². The molecule has 0 radical (unpaired) electrons. The van der Waals surface area contributed by atoms with E-state index in [9.17, 15) is 0 Å². The second kappa shape index (κ2) is 4.55. The van der Waals surface area contributed by atoms with Gasteiger partial charge in [0.05, 0.1) is 5.69 Å². The topological polar surface area (TPSA) is 46.6 Å². The van der Waals surface area contributed by atoms with Crippen molar-refractivity contribution in [3.63, 3.8) is 0 Å². The van der Waals surface area contributed by atoms with Crippen LogP contribution in [0.1, 0.15) is 31.9 Å². The fraction of sp³-hybridized carbons (Fsp3) is 0.615. The molecule has 1 saturated carbocycles. The van der Waals surface area contributed by atoms with Crippen molar-refractivity contribution < 1.29 is 0 Å². The molecule has 2 N–H and O–H groups in total. The van der Waals surface area contributed by atoms with Gasteiger partial charge in [0.25, 0.3) is 0 Å². The second-order valence-corrected chi connectivity index (χ2v) is 6.19. The van der Waals surface area contributed by atoms with Gasteiger partial charge in [0.15, 0.2) is 10.8 Å². The van der Waals surface area contributed by atoms with Gasteiger partial charge in [-0.05, 0) is 26.2 Å². The summed E-state index contributed by atoms with van der Waals surface area (Å²) in [5, 5.41) is 2.08. The van der Waals surface area contributed by atoms with Gasteiger partial charge in [0.1, 0.15) is 0 Å². The van der Waals surface area contributed by atoms with Gasteiger partial charge in [-0.3, -0.25) is 4.40 Å². The number of imidazole rings is 1. The number of hydrogen-bond donors (Lipinski definition) is 1. The van der Waals surface area contributed by atoms with Crippen LogP contribution in [0.5, 0.6) is 0 Å². The van der Waals surface area contributed by atoms with Crippen LogP contribution in [0.2, 0.25) is 0 Å². The third kappa shape index (κ3) is 1.91. The van der Waals surface area contributed by atoms with Crippen LogP contribution in [-0.4, -0.2) is 28.5 Å². The molecule has 1 aliphatic rings. The first-order valence-corrected chi connectivity index (χ1v) is 7.47. The molecule has 0 aromatic carbocycles. The van der Waals surface area contributed by atoms with Crippen molar-refractivity contribution in [2.24, 2.45) is 5.73 Å². The Morgan fingerprint density at radius 1 is 1.61 bits per heavy atom. The van der Waals surface area contributed by atoms with Crippen LogP contribution in [0.4, 0.5) is 5.82 Å². The van der Waals surface area contributed by atoms with E-state index in [-0.39, 0.29) is 6.04 Å². The number of rotatable bonds is 4. The highest BCUT2D eigenvalue weighted by molar-refractivity contribution is 7.15. The number of thiazole rings is 1. The first kappa shape index (κ1) is 12.0. The van der Waals surface area contributed by atoms with Gasteiger partial charge in [0.2, 0.25) is 0 Å². The number of hydrogen-bond acceptors (Lipinski definition) is 4. The molecule has 1 fully saturated rings. The summed E-state index contributed by atoms with van der Waals surface area (Å²) in [5.41, 5.74) is 7.24. The monoisotopic (exact) mass is 264 g/mol. The summed E-state index contributed by atoms with van der Waals surface area (Å²) in [7, 11) is 2.17. The van der Waals surface area contributed by atoms with Gasteiger partial charge < -0.3 is 10.6 Å². The summed E-state index contributed by atoms with van der Waals surface area (Å²) in [6.07, 6.45) is 6.91. The van der Waals surface area contributed by atoms with Crippen molar-refractivity contribution >= 4 is 22.1 Å². The average molecular weight is 264 g/mol. The van der Waals surface area contributed by atoms with E-state index in [4.69, 9.17) is 10.7 Å². The van der Waals surface area contributed by atoms with Gasteiger partial charge in [-0.2, -0.15) is 0 Å². The Hall–Kier alpha value is -1.07. The Balaban J connectivity index is 2.00. The van der Waals surface area contributed by atoms with E-state index in [1.165, 1.54) is 25.0 Å². The molecule has 3 rings (SSSR count). The van der Waals surface area contributed by atoms with Crippen LogP contribution in [0.25, 0.3) is 4.96 Å². The van der Waals surface area contributed by atoms with E-state index in [0.29, 0.717) is 6.04 Å². The minimum absolute atomic E-state index is 0.165. The lowest BCUT2D eigenvalue weighted by Crippen LogP contribution is -2.38. The van der Waals surface area contributed by atoms with Crippen molar-refractivity contribution in [2.45, 2.75) is 44.7 Å². The van der Waals surface area contributed by atoms with Crippen LogP contribution in [0.15, 0.2) is 11.6 Å². The van der Waals surface area contributed by atoms with Crippen molar-refractivity contribution in [1.82, 2.24) is 9.38 Å². The molecule has 98 valence electrons. The predicted octanol–water partition coefficient (Wildman–Crippen LogP) is 2.27. The maximum atomic E-state index is 5.98. The van der Waals surface area contributed by atoms with E-state index < -0.39 is 0 Å². The molecule has 18 heavy (non-hydrogen) atoms. The number of nitrogens with zero attached hydrogens (tertiary/aromatic N) is 3. The number of fused-ring (bicyclic) bond motifs is 1. The quantitative estimate of drug-likeness (QED) is 0.921. The van der Waals surface area contributed by atoms with E-state index in [1.807, 2.05) is 0 Å². The first-order chi connectivity index (χ1) is 8.66. The maximum absolute atomic E-state index is 5.98. The standard InChI is InChI=1S/C13H20N4S/c1-9(14)8-11-12(16(2)10-4-3-5-10)15-13-17(11)6-7-18-13/h6-7,9-10H,3-5,8,14H2,1-2H3. The minimum Gasteiger partial charge on any atom is -0.355 e. The number of nitrogens with two attached hydrogens (primary N) is 1. The van der Waals surface area contributed by atoms with Crippen LogP contribution in [0.3, 0.4) is 0 Å². The Bertz CT molecular complexity index is 538. The van der Waals surface area contributed by atoms with Crippen molar-refractivity contribution in [3.8, 4) is 0 Å².